The Hall–Kier alpha value is -5.04. The van der Waals surface area contributed by atoms with Crippen LogP contribution in [0.1, 0.15) is 36.7 Å². The van der Waals surface area contributed by atoms with Gasteiger partial charge in [-0.3, -0.25) is 9.78 Å². The summed E-state index contributed by atoms with van der Waals surface area (Å²) in [5.74, 6) is 1.09. The summed E-state index contributed by atoms with van der Waals surface area (Å²) in [4.78, 5) is 36.8. The van der Waals surface area contributed by atoms with Gasteiger partial charge in [0.2, 0.25) is 0 Å². The number of imidazole rings is 1. The molecular weight excluding hydrogens is 514 g/mol. The topological polar surface area (TPSA) is 94.2 Å². The molecule has 0 bridgehead atoms. The van der Waals surface area contributed by atoms with Gasteiger partial charge in [0.15, 0.2) is 0 Å². The largest absolute Gasteiger partial charge is 0.493 e. The third-order valence-electron chi connectivity index (χ3n) is 6.94. The third kappa shape index (κ3) is 6.76. The molecular formula is C34H31N3O4. The highest BCUT2D eigenvalue weighted by Crippen LogP contribution is 2.26. The fraction of sp³-hybridized carbons (Fsp3) is 0.176. The number of ether oxygens (including phenoxy) is 2. The maximum Gasteiger partial charge on any atom is 0.338 e. The maximum atomic E-state index is 12.6. The lowest BCUT2D eigenvalue weighted by atomic mass is 9.90. The first-order valence-electron chi connectivity index (χ1n) is 13.4. The summed E-state index contributed by atoms with van der Waals surface area (Å²) in [5, 5.41) is 0. The maximum absolute atomic E-state index is 12.6. The van der Waals surface area contributed by atoms with Crippen molar-refractivity contribution in [1.82, 2.24) is 15.0 Å². The fourth-order valence-electron chi connectivity index (χ4n) is 4.03. The van der Waals surface area contributed by atoms with Crippen molar-refractivity contribution in [3.05, 3.63) is 115 Å². The standard InChI is InChI=1S/C34H31N3O4/c1-23(38)34(2,3)22-41-29-15-12-25(13-16-29)30-17-14-28(19-35-30)32-36-20-31(37-32)26-10-7-11-27(18-26)33(39)40-21-24-8-5-4-6-9-24/h4-20H,21-22H2,1-3H3,(H,36,37). The molecule has 5 aromatic rings. The van der Waals surface area contributed by atoms with Gasteiger partial charge in [0.1, 0.15) is 30.6 Å². The van der Waals surface area contributed by atoms with Crippen molar-refractivity contribution in [3.8, 4) is 39.7 Å². The van der Waals surface area contributed by atoms with Crippen LogP contribution in [0.25, 0.3) is 33.9 Å². The lowest BCUT2D eigenvalue weighted by molar-refractivity contribution is -0.126. The number of benzene rings is 3. The van der Waals surface area contributed by atoms with Crippen molar-refractivity contribution >= 4 is 11.8 Å². The molecule has 7 heteroatoms. The van der Waals surface area contributed by atoms with E-state index in [9.17, 15) is 9.59 Å². The molecule has 0 saturated carbocycles. The van der Waals surface area contributed by atoms with Crippen LogP contribution in [-0.4, -0.2) is 33.3 Å². The number of nitrogens with zero attached hydrogens (tertiary/aromatic N) is 2. The van der Waals surface area contributed by atoms with Crippen LogP contribution >= 0.6 is 0 Å². The molecule has 0 aliphatic rings. The molecule has 0 spiro atoms. The average Bonchev–Trinajstić information content (AvgIpc) is 3.50. The van der Waals surface area contributed by atoms with Gasteiger partial charge in [-0.2, -0.15) is 0 Å². The average molecular weight is 546 g/mol. The molecule has 7 nitrogen and oxygen atoms in total. The van der Waals surface area contributed by atoms with Crippen molar-refractivity contribution in [2.45, 2.75) is 27.4 Å². The number of hydrogen-bond donors (Lipinski definition) is 1. The minimum Gasteiger partial charge on any atom is -0.493 e. The first-order valence-corrected chi connectivity index (χ1v) is 13.4. The summed E-state index contributed by atoms with van der Waals surface area (Å²) in [6, 6.07) is 28.4. The Morgan fingerprint density at radius 2 is 1.56 bits per heavy atom. The molecule has 3 aromatic carbocycles. The van der Waals surface area contributed by atoms with Crippen molar-refractivity contribution < 1.29 is 19.1 Å². The lowest BCUT2D eigenvalue weighted by Crippen LogP contribution is -2.28. The molecule has 2 aromatic heterocycles. The second-order valence-corrected chi connectivity index (χ2v) is 10.5. The zero-order valence-corrected chi connectivity index (χ0v) is 23.3. The molecule has 0 amide bonds. The Morgan fingerprint density at radius 1 is 0.805 bits per heavy atom. The van der Waals surface area contributed by atoms with E-state index in [1.165, 1.54) is 0 Å². The van der Waals surface area contributed by atoms with E-state index in [-0.39, 0.29) is 18.4 Å². The predicted molar refractivity (Wildman–Crippen MR) is 158 cm³/mol. The lowest BCUT2D eigenvalue weighted by Gasteiger charge is -2.21. The summed E-state index contributed by atoms with van der Waals surface area (Å²) in [6.45, 7) is 5.87. The number of H-pyrrole nitrogens is 1. The Labute approximate surface area is 239 Å². The van der Waals surface area contributed by atoms with Crippen LogP contribution in [0, 0.1) is 5.41 Å². The van der Waals surface area contributed by atoms with E-state index < -0.39 is 5.41 Å². The van der Waals surface area contributed by atoms with Gasteiger partial charge in [0, 0.05) is 22.9 Å². The summed E-state index contributed by atoms with van der Waals surface area (Å²) in [6.07, 6.45) is 3.51. The SMILES string of the molecule is CC(=O)C(C)(C)COc1ccc(-c2ccc(-c3ncc(-c4cccc(C(=O)OCc5ccccc5)c4)[nH]3)cn2)cc1. The summed E-state index contributed by atoms with van der Waals surface area (Å²) >= 11 is 0. The Morgan fingerprint density at radius 3 is 2.27 bits per heavy atom. The molecule has 2 heterocycles. The number of carbonyl (C=O) groups is 2. The highest BCUT2D eigenvalue weighted by molar-refractivity contribution is 5.91. The van der Waals surface area contributed by atoms with E-state index in [1.54, 1.807) is 31.5 Å². The molecule has 0 fully saturated rings. The monoisotopic (exact) mass is 545 g/mol. The fourth-order valence-corrected chi connectivity index (χ4v) is 4.03. The number of esters is 1. The number of aromatic amines is 1. The van der Waals surface area contributed by atoms with Crippen LogP contribution in [0.5, 0.6) is 5.75 Å². The quantitative estimate of drug-likeness (QED) is 0.187. The zero-order valence-electron chi connectivity index (χ0n) is 23.3. The molecule has 0 atom stereocenters. The minimum atomic E-state index is -0.529. The molecule has 206 valence electrons. The molecule has 41 heavy (non-hydrogen) atoms. The van der Waals surface area contributed by atoms with Crippen LogP contribution in [-0.2, 0) is 16.1 Å². The van der Waals surface area contributed by atoms with Gasteiger partial charge < -0.3 is 14.5 Å². The molecule has 1 N–H and O–H groups in total. The first kappa shape index (κ1) is 27.5. The highest BCUT2D eigenvalue weighted by Gasteiger charge is 2.24. The van der Waals surface area contributed by atoms with Crippen LogP contribution in [0.3, 0.4) is 0 Å². The van der Waals surface area contributed by atoms with Crippen LogP contribution in [0.15, 0.2) is 103 Å². The van der Waals surface area contributed by atoms with Gasteiger partial charge in [-0.1, -0.05) is 42.5 Å². The van der Waals surface area contributed by atoms with Gasteiger partial charge in [0.25, 0.3) is 0 Å². The van der Waals surface area contributed by atoms with Crippen LogP contribution < -0.4 is 4.74 Å². The summed E-state index contributed by atoms with van der Waals surface area (Å²) in [7, 11) is 0. The molecule has 0 aliphatic heterocycles. The van der Waals surface area contributed by atoms with Crippen molar-refractivity contribution in [1.29, 1.82) is 0 Å². The summed E-state index contributed by atoms with van der Waals surface area (Å²) < 4.78 is 11.3. The van der Waals surface area contributed by atoms with Gasteiger partial charge in [-0.25, -0.2) is 9.78 Å². The van der Waals surface area contributed by atoms with Gasteiger partial charge in [-0.05, 0) is 74.9 Å². The molecule has 5 rings (SSSR count). The number of carbonyl (C=O) groups excluding carboxylic acids is 2. The highest BCUT2D eigenvalue weighted by atomic mass is 16.5. The predicted octanol–water partition coefficient (Wildman–Crippen LogP) is 7.16. The van der Waals surface area contributed by atoms with E-state index in [4.69, 9.17) is 9.47 Å². The number of hydrogen-bond acceptors (Lipinski definition) is 6. The Bertz CT molecular complexity index is 1640. The number of rotatable bonds is 10. The third-order valence-corrected chi connectivity index (χ3v) is 6.94. The normalized spacial score (nSPS) is 11.2. The van der Waals surface area contributed by atoms with Crippen molar-refractivity contribution in [3.63, 3.8) is 0 Å². The number of pyridine rings is 1. The number of nitrogens with one attached hydrogen (secondary N) is 1. The van der Waals surface area contributed by atoms with E-state index in [0.29, 0.717) is 23.7 Å². The molecule has 0 saturated heterocycles. The van der Waals surface area contributed by atoms with E-state index in [1.807, 2.05) is 92.7 Å². The number of Topliss-reactive ketones (excluding diaryl/α,β-unsaturated/α-hetero) is 1. The van der Waals surface area contributed by atoms with Crippen molar-refractivity contribution in [2.75, 3.05) is 6.61 Å². The Balaban J connectivity index is 1.23. The minimum absolute atomic E-state index is 0.0924. The van der Waals surface area contributed by atoms with Crippen molar-refractivity contribution in [2.24, 2.45) is 5.41 Å². The summed E-state index contributed by atoms with van der Waals surface area (Å²) in [5.41, 5.74) is 5.10. The van der Waals surface area contributed by atoms with Crippen LogP contribution in [0.2, 0.25) is 0 Å². The first-order chi connectivity index (χ1) is 19.8. The second kappa shape index (κ2) is 12.0. The van der Waals surface area contributed by atoms with Gasteiger partial charge in [0.05, 0.1) is 28.6 Å². The number of ketones is 1. The molecule has 0 radical (unpaired) electrons. The van der Waals surface area contributed by atoms with Crippen LogP contribution in [0.4, 0.5) is 0 Å². The van der Waals surface area contributed by atoms with Gasteiger partial charge in [-0.15, -0.1) is 0 Å². The zero-order chi connectivity index (χ0) is 28.8. The second-order valence-electron chi connectivity index (χ2n) is 10.5. The van der Waals surface area contributed by atoms with E-state index in [2.05, 4.69) is 15.0 Å². The van der Waals surface area contributed by atoms with E-state index in [0.717, 1.165) is 33.6 Å². The van der Waals surface area contributed by atoms with E-state index >= 15 is 0 Å². The van der Waals surface area contributed by atoms with Gasteiger partial charge >= 0.3 is 5.97 Å². The smallest absolute Gasteiger partial charge is 0.338 e. The Kier molecular flexibility index (Phi) is 8.06. The molecule has 0 unspecified atom stereocenters. The number of aromatic nitrogens is 3. The molecule has 0 aliphatic carbocycles.